The van der Waals surface area contributed by atoms with Gasteiger partial charge in [0.2, 0.25) is 5.91 Å². The molecule has 0 radical (unpaired) electrons. The molecule has 1 atom stereocenters. The number of ether oxygens (including phenoxy) is 1. The van der Waals surface area contributed by atoms with Crippen LogP contribution in [0.15, 0.2) is 54.6 Å². The van der Waals surface area contributed by atoms with Crippen molar-refractivity contribution in [3.63, 3.8) is 0 Å². The van der Waals surface area contributed by atoms with Gasteiger partial charge in [0.15, 0.2) is 0 Å². The van der Waals surface area contributed by atoms with Crippen molar-refractivity contribution >= 4 is 23.5 Å². The van der Waals surface area contributed by atoms with Crippen molar-refractivity contribution in [1.29, 1.82) is 0 Å². The lowest BCUT2D eigenvalue weighted by Gasteiger charge is -2.29. The highest BCUT2D eigenvalue weighted by Crippen LogP contribution is 2.36. The fraction of sp³-hybridized carbons (Fsp3) is 0.211. The maximum absolute atomic E-state index is 13.8. The van der Waals surface area contributed by atoms with Crippen LogP contribution in [0, 0.1) is 0 Å². The average molecular weight is 407 g/mol. The van der Waals surface area contributed by atoms with Crippen molar-refractivity contribution < 1.29 is 32.3 Å². The molecule has 2 aromatic carbocycles. The van der Waals surface area contributed by atoms with Crippen LogP contribution >= 0.6 is 0 Å². The van der Waals surface area contributed by atoms with Crippen LogP contribution < -0.4 is 20.3 Å². The lowest BCUT2D eigenvalue weighted by atomic mass is 10.1. The summed E-state index contributed by atoms with van der Waals surface area (Å²) >= 11 is 0. The number of urea groups is 1. The second-order valence-corrected chi connectivity index (χ2v) is 6.23. The highest BCUT2D eigenvalue weighted by atomic mass is 19.4. The van der Waals surface area contributed by atoms with Crippen molar-refractivity contribution in [2.45, 2.75) is 18.3 Å². The van der Waals surface area contributed by atoms with Crippen molar-refractivity contribution in [1.82, 2.24) is 10.6 Å². The lowest BCUT2D eigenvalue weighted by Crippen LogP contribution is -2.69. The van der Waals surface area contributed by atoms with Gasteiger partial charge < -0.3 is 10.1 Å². The molecule has 10 heteroatoms. The number of nitrogens with zero attached hydrogens (tertiary/aromatic N) is 1. The summed E-state index contributed by atoms with van der Waals surface area (Å²) in [7, 11) is 1.39. The maximum Gasteiger partial charge on any atom is 0.440 e. The summed E-state index contributed by atoms with van der Waals surface area (Å²) in [4.78, 5) is 37.5. The molecular formula is C19H16F3N3O4. The molecule has 4 amide bonds. The summed E-state index contributed by atoms with van der Waals surface area (Å²) in [5.41, 5.74) is -3.21. The minimum atomic E-state index is -5.27. The third-order valence-electron chi connectivity index (χ3n) is 4.31. The van der Waals surface area contributed by atoms with Gasteiger partial charge in [-0.2, -0.15) is 13.2 Å². The highest BCUT2D eigenvalue weighted by molar-refractivity contribution is 6.24. The molecule has 0 saturated carbocycles. The fourth-order valence-electron chi connectivity index (χ4n) is 2.88. The van der Waals surface area contributed by atoms with E-state index < -0.39 is 36.1 Å². The number of carbonyl (C=O) groups excluding carboxylic acids is 3. The number of rotatable bonds is 5. The molecule has 0 bridgehead atoms. The van der Waals surface area contributed by atoms with Crippen molar-refractivity contribution in [2.24, 2.45) is 0 Å². The number of hydrogen-bond acceptors (Lipinski definition) is 4. The van der Waals surface area contributed by atoms with Gasteiger partial charge in [0, 0.05) is 0 Å². The molecule has 0 aromatic heterocycles. The van der Waals surface area contributed by atoms with E-state index in [2.05, 4.69) is 0 Å². The van der Waals surface area contributed by atoms with E-state index in [0.29, 0.717) is 16.2 Å². The van der Waals surface area contributed by atoms with Crippen molar-refractivity contribution in [3.8, 4) is 5.75 Å². The molecule has 7 nitrogen and oxygen atoms in total. The van der Waals surface area contributed by atoms with E-state index in [9.17, 15) is 27.6 Å². The molecule has 1 heterocycles. The van der Waals surface area contributed by atoms with Crippen LogP contribution in [0.2, 0.25) is 0 Å². The smallest absolute Gasteiger partial charge is 0.440 e. The molecule has 1 aliphatic rings. The van der Waals surface area contributed by atoms with Gasteiger partial charge in [-0.1, -0.05) is 30.3 Å². The Hall–Kier alpha value is -3.56. The predicted octanol–water partition coefficient (Wildman–Crippen LogP) is 2.37. The number of amides is 4. The Kier molecular flexibility index (Phi) is 5.19. The number of nitrogens with one attached hydrogen (secondary N) is 2. The summed E-state index contributed by atoms with van der Waals surface area (Å²) in [6, 6.07) is 12.0. The van der Waals surface area contributed by atoms with Gasteiger partial charge in [0.05, 0.1) is 19.2 Å². The van der Waals surface area contributed by atoms with Gasteiger partial charge >= 0.3 is 12.2 Å². The SMILES string of the molecule is COc1ccc(N2C(=O)N[C@](NC(=O)Cc3ccccc3)(C(F)(F)F)C2=O)cc1. The molecule has 2 aromatic rings. The largest absolute Gasteiger partial charge is 0.497 e. The van der Waals surface area contributed by atoms with Crippen LogP contribution in [0.25, 0.3) is 0 Å². The Morgan fingerprint density at radius 2 is 1.72 bits per heavy atom. The summed E-state index contributed by atoms with van der Waals surface area (Å²) in [6.07, 6.45) is -5.67. The zero-order chi connectivity index (χ0) is 21.2. The van der Waals surface area contributed by atoms with Gasteiger partial charge in [0.1, 0.15) is 5.75 Å². The predicted molar refractivity (Wildman–Crippen MR) is 96.1 cm³/mol. The number of benzene rings is 2. The first-order valence-corrected chi connectivity index (χ1v) is 8.40. The van der Waals surface area contributed by atoms with E-state index in [4.69, 9.17) is 4.74 Å². The molecule has 0 spiro atoms. The Morgan fingerprint density at radius 3 is 2.28 bits per heavy atom. The zero-order valence-electron chi connectivity index (χ0n) is 15.1. The number of methoxy groups -OCH3 is 1. The molecule has 152 valence electrons. The maximum atomic E-state index is 13.8. The van der Waals surface area contributed by atoms with Crippen LogP contribution in [0.4, 0.5) is 23.7 Å². The van der Waals surface area contributed by atoms with E-state index in [-0.39, 0.29) is 5.69 Å². The molecule has 3 rings (SSSR count). The first kappa shape index (κ1) is 20.2. The molecular weight excluding hydrogens is 391 g/mol. The monoisotopic (exact) mass is 407 g/mol. The van der Waals surface area contributed by atoms with Gasteiger partial charge in [-0.15, -0.1) is 0 Å². The summed E-state index contributed by atoms with van der Waals surface area (Å²) in [5, 5.41) is 3.27. The van der Waals surface area contributed by atoms with Gasteiger partial charge in [0.25, 0.3) is 11.6 Å². The van der Waals surface area contributed by atoms with Crippen LogP contribution in [0.1, 0.15) is 5.56 Å². The number of hydrogen-bond donors (Lipinski definition) is 2. The average Bonchev–Trinajstić information content (AvgIpc) is 2.93. The summed E-state index contributed by atoms with van der Waals surface area (Å²) in [5.74, 6) is -2.33. The van der Waals surface area contributed by atoms with Gasteiger partial charge in [-0.05, 0) is 29.8 Å². The van der Waals surface area contributed by atoms with E-state index in [0.717, 1.165) is 0 Å². The fourth-order valence-corrected chi connectivity index (χ4v) is 2.88. The molecule has 1 saturated heterocycles. The molecule has 0 unspecified atom stereocenters. The zero-order valence-corrected chi connectivity index (χ0v) is 15.1. The Morgan fingerprint density at radius 1 is 1.10 bits per heavy atom. The topological polar surface area (TPSA) is 87.7 Å². The van der Waals surface area contributed by atoms with Crippen molar-refractivity contribution in [3.05, 3.63) is 60.2 Å². The first-order valence-electron chi connectivity index (χ1n) is 8.40. The number of halogens is 3. The van der Waals surface area contributed by atoms with E-state index >= 15 is 0 Å². The normalized spacial score (nSPS) is 19.1. The third kappa shape index (κ3) is 3.73. The van der Waals surface area contributed by atoms with E-state index in [1.54, 1.807) is 41.0 Å². The lowest BCUT2D eigenvalue weighted by molar-refractivity contribution is -0.201. The van der Waals surface area contributed by atoms with E-state index in [1.807, 2.05) is 0 Å². The number of anilines is 1. The van der Waals surface area contributed by atoms with Crippen LogP contribution in [0.3, 0.4) is 0 Å². The molecule has 29 heavy (non-hydrogen) atoms. The summed E-state index contributed by atoms with van der Waals surface area (Å²) < 4.78 is 46.5. The van der Waals surface area contributed by atoms with Crippen molar-refractivity contribution in [2.75, 3.05) is 12.0 Å². The van der Waals surface area contributed by atoms with Gasteiger partial charge in [-0.3, -0.25) is 14.9 Å². The van der Waals surface area contributed by atoms with E-state index in [1.165, 1.54) is 31.4 Å². The highest BCUT2D eigenvalue weighted by Gasteiger charge is 2.69. The molecule has 1 fully saturated rings. The van der Waals surface area contributed by atoms with Crippen LogP contribution in [0.5, 0.6) is 5.75 Å². The number of imide groups is 1. The number of alkyl halides is 3. The quantitative estimate of drug-likeness (QED) is 0.745. The van der Waals surface area contributed by atoms with Gasteiger partial charge in [-0.25, -0.2) is 9.69 Å². The van der Waals surface area contributed by atoms with Crippen LogP contribution in [-0.4, -0.2) is 36.8 Å². The van der Waals surface area contributed by atoms with Crippen LogP contribution in [-0.2, 0) is 16.0 Å². The first-order chi connectivity index (χ1) is 13.7. The second kappa shape index (κ2) is 7.46. The minimum absolute atomic E-state index is 0.100. The molecule has 0 aliphatic carbocycles. The summed E-state index contributed by atoms with van der Waals surface area (Å²) in [6.45, 7) is 0. The molecule has 1 aliphatic heterocycles. The Bertz CT molecular complexity index is 932. The third-order valence-corrected chi connectivity index (χ3v) is 4.31. The standard InChI is InChI=1S/C19H16F3N3O4/c1-29-14-9-7-13(8-10-14)25-16(27)18(19(20,21)22,24-17(25)28)23-15(26)11-12-5-3-2-4-6-12/h2-10H,11H2,1H3,(H,23,26)(H,24,28)/t18-/m0/s1. The molecule has 2 N–H and O–H groups in total. The Labute approximate surface area is 163 Å². The number of carbonyl (C=O) groups is 3. The Balaban J connectivity index is 1.90. The minimum Gasteiger partial charge on any atom is -0.497 e. The second-order valence-electron chi connectivity index (χ2n) is 6.23.